The molecule has 0 saturated carbocycles. The molecule has 4 nitrogen and oxygen atoms in total. The van der Waals surface area contributed by atoms with Crippen LogP contribution >= 0.6 is 0 Å². The Morgan fingerprint density at radius 2 is 1.89 bits per heavy atom. The summed E-state index contributed by atoms with van der Waals surface area (Å²) in [6.07, 6.45) is 1.67. The number of carbonyl (C=O) groups is 1. The Labute approximate surface area is 106 Å². The maximum Gasteiger partial charge on any atom is 0.259 e. The van der Waals surface area contributed by atoms with Crippen molar-refractivity contribution in [1.82, 2.24) is 4.98 Å². The van der Waals surface area contributed by atoms with E-state index < -0.39 is 0 Å². The third-order valence-electron chi connectivity index (χ3n) is 2.72. The lowest BCUT2D eigenvalue weighted by atomic mass is 10.2. The summed E-state index contributed by atoms with van der Waals surface area (Å²) in [5.74, 6) is 0.566. The van der Waals surface area contributed by atoms with Crippen LogP contribution in [0.4, 0.5) is 11.5 Å². The molecule has 0 bridgehead atoms. The first-order valence-corrected chi connectivity index (χ1v) is 5.69. The fraction of sp³-hybridized carbons (Fsp3) is 0.143. The zero-order valence-corrected chi connectivity index (χ0v) is 10.4. The van der Waals surface area contributed by atoms with Crippen LogP contribution in [0.15, 0.2) is 48.7 Å². The molecule has 1 heterocycles. The number of hydrogen-bond acceptors (Lipinski definition) is 3. The normalized spacial score (nSPS) is 9.89. The van der Waals surface area contributed by atoms with Gasteiger partial charge in [-0.05, 0) is 36.4 Å². The van der Waals surface area contributed by atoms with Gasteiger partial charge in [0, 0.05) is 31.5 Å². The average Bonchev–Trinajstić information content (AvgIpc) is 2.47. The van der Waals surface area contributed by atoms with Crippen LogP contribution in [0.5, 0.6) is 0 Å². The van der Waals surface area contributed by atoms with Gasteiger partial charge in [-0.25, -0.2) is 4.98 Å². The number of benzene rings is 1. The second kappa shape index (κ2) is 5.31. The van der Waals surface area contributed by atoms with E-state index in [9.17, 15) is 4.79 Å². The second-order valence-electron chi connectivity index (χ2n) is 3.88. The third kappa shape index (κ3) is 2.48. The minimum Gasteiger partial charge on any atom is -0.388 e. The summed E-state index contributed by atoms with van der Waals surface area (Å²) in [4.78, 5) is 17.9. The van der Waals surface area contributed by atoms with Crippen molar-refractivity contribution in [2.24, 2.45) is 0 Å². The lowest BCUT2D eigenvalue weighted by molar-refractivity contribution is 0.0992. The molecule has 0 aliphatic rings. The molecular weight excluding hydrogens is 226 g/mol. The molecule has 2 rings (SSSR count). The molecule has 0 atom stereocenters. The lowest BCUT2D eigenvalue weighted by Gasteiger charge is -2.16. The van der Waals surface area contributed by atoms with Crippen molar-refractivity contribution < 1.29 is 4.79 Å². The summed E-state index contributed by atoms with van der Waals surface area (Å²) in [7, 11) is 3.56. The summed E-state index contributed by atoms with van der Waals surface area (Å²) in [5, 5.41) is 3.02. The fourth-order valence-electron chi connectivity index (χ4n) is 1.63. The van der Waals surface area contributed by atoms with Crippen molar-refractivity contribution in [2.75, 3.05) is 24.3 Å². The van der Waals surface area contributed by atoms with Crippen LogP contribution in [0, 0.1) is 0 Å². The molecule has 4 heteroatoms. The van der Waals surface area contributed by atoms with Gasteiger partial charge in [-0.2, -0.15) is 0 Å². The number of pyridine rings is 1. The minimum absolute atomic E-state index is 0.0728. The number of amides is 1. The van der Waals surface area contributed by atoms with Crippen LogP contribution in [0.3, 0.4) is 0 Å². The van der Waals surface area contributed by atoms with Crippen LogP contribution < -0.4 is 10.2 Å². The molecule has 1 amide bonds. The largest absolute Gasteiger partial charge is 0.388 e. The van der Waals surface area contributed by atoms with E-state index in [1.54, 1.807) is 31.4 Å². The number of rotatable bonds is 3. The molecule has 0 aliphatic heterocycles. The highest BCUT2D eigenvalue weighted by molar-refractivity contribution is 6.05. The average molecular weight is 241 g/mol. The van der Waals surface area contributed by atoms with Crippen LogP contribution in [0.1, 0.15) is 10.4 Å². The highest BCUT2D eigenvalue weighted by Gasteiger charge is 2.13. The Morgan fingerprint density at radius 3 is 2.44 bits per heavy atom. The number of hydrogen-bond donors (Lipinski definition) is 1. The Hall–Kier alpha value is -2.36. The van der Waals surface area contributed by atoms with E-state index in [1.807, 2.05) is 31.3 Å². The third-order valence-corrected chi connectivity index (χ3v) is 2.72. The van der Waals surface area contributed by atoms with Gasteiger partial charge in [0.2, 0.25) is 0 Å². The maximum absolute atomic E-state index is 12.2. The Bertz CT molecular complexity index is 522. The summed E-state index contributed by atoms with van der Waals surface area (Å²) < 4.78 is 0. The molecule has 1 N–H and O–H groups in total. The number of nitrogens with one attached hydrogen (secondary N) is 1. The number of aromatic nitrogens is 1. The minimum atomic E-state index is -0.0728. The summed E-state index contributed by atoms with van der Waals surface area (Å²) >= 11 is 0. The first-order valence-electron chi connectivity index (χ1n) is 5.69. The van der Waals surface area contributed by atoms with Crippen molar-refractivity contribution in [3.63, 3.8) is 0 Å². The van der Waals surface area contributed by atoms with Crippen LogP contribution in [0.25, 0.3) is 0 Å². The van der Waals surface area contributed by atoms with Crippen molar-refractivity contribution in [3.05, 3.63) is 54.2 Å². The fourth-order valence-corrected chi connectivity index (χ4v) is 1.63. The first kappa shape index (κ1) is 12.1. The van der Waals surface area contributed by atoms with Gasteiger partial charge in [0.15, 0.2) is 0 Å². The standard InChI is InChI=1S/C14H15N3O/c1-15-12-8-6-11(7-9-12)14(18)17(2)13-5-3-4-10-16-13/h3-10,15H,1-2H3. The SMILES string of the molecule is CNc1ccc(C(=O)N(C)c2ccccn2)cc1. The Kier molecular flexibility index (Phi) is 3.57. The van der Waals surface area contributed by atoms with E-state index in [0.717, 1.165) is 5.69 Å². The van der Waals surface area contributed by atoms with Gasteiger partial charge in [0.1, 0.15) is 5.82 Å². The van der Waals surface area contributed by atoms with Gasteiger partial charge in [-0.1, -0.05) is 6.07 Å². The predicted octanol–water partition coefficient (Wildman–Crippen LogP) is 2.40. The Morgan fingerprint density at radius 1 is 1.17 bits per heavy atom. The quantitative estimate of drug-likeness (QED) is 0.897. The molecule has 92 valence electrons. The summed E-state index contributed by atoms with van der Waals surface area (Å²) in [6, 6.07) is 12.8. The lowest BCUT2D eigenvalue weighted by Crippen LogP contribution is -2.26. The summed E-state index contributed by atoms with van der Waals surface area (Å²) in [6.45, 7) is 0. The van der Waals surface area contributed by atoms with E-state index in [-0.39, 0.29) is 5.91 Å². The van der Waals surface area contributed by atoms with Crippen molar-refractivity contribution >= 4 is 17.4 Å². The zero-order chi connectivity index (χ0) is 13.0. The van der Waals surface area contributed by atoms with E-state index >= 15 is 0 Å². The molecule has 0 unspecified atom stereocenters. The second-order valence-corrected chi connectivity index (χ2v) is 3.88. The number of anilines is 2. The predicted molar refractivity (Wildman–Crippen MR) is 73.0 cm³/mol. The Balaban J connectivity index is 2.20. The van der Waals surface area contributed by atoms with Gasteiger partial charge in [0.25, 0.3) is 5.91 Å². The van der Waals surface area contributed by atoms with Crippen LogP contribution in [-0.2, 0) is 0 Å². The molecular formula is C14H15N3O. The molecule has 1 aromatic heterocycles. The smallest absolute Gasteiger partial charge is 0.259 e. The van der Waals surface area contributed by atoms with E-state index in [4.69, 9.17) is 0 Å². The van der Waals surface area contributed by atoms with E-state index in [0.29, 0.717) is 11.4 Å². The van der Waals surface area contributed by atoms with Crippen molar-refractivity contribution in [2.45, 2.75) is 0 Å². The zero-order valence-electron chi connectivity index (χ0n) is 10.4. The molecule has 0 saturated heterocycles. The maximum atomic E-state index is 12.2. The highest BCUT2D eigenvalue weighted by Crippen LogP contribution is 2.14. The highest BCUT2D eigenvalue weighted by atomic mass is 16.2. The van der Waals surface area contributed by atoms with Gasteiger partial charge in [-0.15, -0.1) is 0 Å². The monoisotopic (exact) mass is 241 g/mol. The van der Waals surface area contributed by atoms with Gasteiger partial charge in [-0.3, -0.25) is 9.69 Å². The number of carbonyl (C=O) groups excluding carboxylic acids is 1. The number of nitrogens with zero attached hydrogens (tertiary/aromatic N) is 2. The van der Waals surface area contributed by atoms with Gasteiger partial charge < -0.3 is 5.32 Å². The van der Waals surface area contributed by atoms with Crippen molar-refractivity contribution in [1.29, 1.82) is 0 Å². The molecule has 0 aliphatic carbocycles. The molecule has 0 radical (unpaired) electrons. The molecule has 0 spiro atoms. The first-order chi connectivity index (χ1) is 8.72. The van der Waals surface area contributed by atoms with E-state index in [1.165, 1.54) is 4.90 Å². The van der Waals surface area contributed by atoms with Crippen molar-refractivity contribution in [3.8, 4) is 0 Å². The van der Waals surface area contributed by atoms with Crippen LogP contribution in [-0.4, -0.2) is 25.0 Å². The van der Waals surface area contributed by atoms with E-state index in [2.05, 4.69) is 10.3 Å². The molecule has 18 heavy (non-hydrogen) atoms. The van der Waals surface area contributed by atoms with Gasteiger partial charge >= 0.3 is 0 Å². The van der Waals surface area contributed by atoms with Gasteiger partial charge in [0.05, 0.1) is 0 Å². The molecule has 2 aromatic rings. The summed E-state index contributed by atoms with van der Waals surface area (Å²) in [5.41, 5.74) is 1.62. The van der Waals surface area contributed by atoms with Crippen LogP contribution in [0.2, 0.25) is 0 Å². The topological polar surface area (TPSA) is 45.2 Å². The molecule has 0 fully saturated rings. The molecule has 1 aromatic carbocycles.